The third kappa shape index (κ3) is 9.17. The number of rotatable bonds is 7. The Morgan fingerprint density at radius 1 is 1.16 bits per heavy atom. The predicted octanol–water partition coefficient (Wildman–Crippen LogP) is 5.45. The Morgan fingerprint density at radius 3 is 2.65 bits per heavy atom. The monoisotopic (exact) mass is 711 g/mol. The Kier molecular flexibility index (Phi) is 11.2. The smallest absolute Gasteiger partial charge is 0.411 e. The second-order valence-electron chi connectivity index (χ2n) is 12.9. The molecule has 16 heteroatoms. The molecule has 0 fully saturated rings. The van der Waals surface area contributed by atoms with Crippen molar-refractivity contribution in [1.82, 2.24) is 40.8 Å². The minimum absolute atomic E-state index is 0.168. The molecule has 2 atom stereocenters. The molecule has 1 aliphatic heterocycles. The summed E-state index contributed by atoms with van der Waals surface area (Å²) < 4.78 is 6.23. The maximum Gasteiger partial charge on any atom is 0.411 e. The van der Waals surface area contributed by atoms with E-state index in [1.807, 2.05) is 20.8 Å². The van der Waals surface area contributed by atoms with Crippen molar-refractivity contribution in [2.45, 2.75) is 64.1 Å². The van der Waals surface area contributed by atoms with Crippen molar-refractivity contribution in [3.8, 4) is 23.0 Å². The topological polar surface area (TPSA) is 205 Å². The van der Waals surface area contributed by atoms with Crippen LogP contribution in [0.25, 0.3) is 23.0 Å². The van der Waals surface area contributed by atoms with Crippen LogP contribution in [-0.4, -0.2) is 66.8 Å². The fourth-order valence-corrected chi connectivity index (χ4v) is 5.73. The van der Waals surface area contributed by atoms with Crippen LogP contribution in [-0.2, 0) is 14.3 Å². The van der Waals surface area contributed by atoms with Gasteiger partial charge in [0.25, 0.3) is 0 Å². The number of carbonyl (C=O) groups excluding carboxylic acids is 3. The van der Waals surface area contributed by atoms with Crippen LogP contribution < -0.4 is 21.3 Å². The summed E-state index contributed by atoms with van der Waals surface area (Å²) in [6.45, 7) is 9.80. The third-order valence-electron chi connectivity index (χ3n) is 7.95. The summed E-state index contributed by atoms with van der Waals surface area (Å²) in [6, 6.07) is 11.2. The van der Waals surface area contributed by atoms with Crippen LogP contribution in [0, 0.1) is 11.3 Å². The van der Waals surface area contributed by atoms with Crippen molar-refractivity contribution >= 4 is 47.0 Å². The molecule has 5 rings (SSSR count). The standard InChI is InChI=1S/C35H38ClN11O4/c1-20(33(49)44-35(2,3)4)25-8-6-7-9-26(41-30(48)15-10-21-16-22(36)11-14-29(21)47-19-38-45-46-47)32-42-28(18-37)31(43-32)24-13-12-23(17-27(24)40-25)39-34(50)51-5/h10-17,19,25-26,40H,1,6-9H2,2-5H3,(H,39,50)(H,41,48)(H,42,43)(H,44,49)/b15-10+/t25-,26+/m1/s1. The van der Waals surface area contributed by atoms with Gasteiger partial charge in [-0.1, -0.05) is 31.0 Å². The van der Waals surface area contributed by atoms with E-state index in [1.54, 1.807) is 42.5 Å². The van der Waals surface area contributed by atoms with Crippen molar-refractivity contribution in [2.75, 3.05) is 17.7 Å². The number of methoxy groups -OCH3 is 1. The number of hydrogen-bond donors (Lipinski definition) is 5. The van der Waals surface area contributed by atoms with Crippen LogP contribution in [0.1, 0.15) is 69.6 Å². The molecule has 5 N–H and O–H groups in total. The maximum atomic E-state index is 13.4. The number of hydrogen-bond acceptors (Lipinski definition) is 10. The molecule has 0 spiro atoms. The molecular formula is C35H38ClN11O4. The van der Waals surface area contributed by atoms with Gasteiger partial charge in [-0.05, 0) is 86.5 Å². The molecule has 3 amide bonds. The van der Waals surface area contributed by atoms with E-state index in [-0.39, 0.29) is 11.6 Å². The number of nitrogens with zero attached hydrogens (tertiary/aromatic N) is 6. The van der Waals surface area contributed by atoms with Gasteiger partial charge in [0.05, 0.1) is 24.9 Å². The summed E-state index contributed by atoms with van der Waals surface area (Å²) in [5.74, 6) is -0.316. The van der Waals surface area contributed by atoms with Crippen molar-refractivity contribution in [3.05, 3.63) is 83.1 Å². The van der Waals surface area contributed by atoms with E-state index in [4.69, 9.17) is 21.3 Å². The Bertz CT molecular complexity index is 2010. The molecule has 2 aromatic heterocycles. The number of aromatic nitrogens is 6. The molecule has 0 saturated carbocycles. The molecule has 0 saturated heterocycles. The van der Waals surface area contributed by atoms with E-state index in [1.165, 1.54) is 24.2 Å². The first kappa shape index (κ1) is 36.3. The van der Waals surface area contributed by atoms with Gasteiger partial charge in [-0.15, -0.1) is 5.10 Å². The van der Waals surface area contributed by atoms with Gasteiger partial charge < -0.3 is 25.7 Å². The van der Waals surface area contributed by atoms with Crippen molar-refractivity contribution in [3.63, 3.8) is 0 Å². The number of tetrazole rings is 1. The average molecular weight is 712 g/mol. The first-order valence-electron chi connectivity index (χ1n) is 16.1. The number of amides is 3. The highest BCUT2D eigenvalue weighted by Crippen LogP contribution is 2.35. The maximum absolute atomic E-state index is 13.4. The Morgan fingerprint density at radius 2 is 1.94 bits per heavy atom. The van der Waals surface area contributed by atoms with Gasteiger partial charge in [-0.2, -0.15) is 9.94 Å². The second-order valence-corrected chi connectivity index (χ2v) is 13.3. The Balaban J connectivity index is 1.49. The lowest BCUT2D eigenvalue weighted by Crippen LogP contribution is -2.44. The van der Waals surface area contributed by atoms with Crippen molar-refractivity contribution < 1.29 is 19.1 Å². The number of fused-ring (bicyclic) bond motifs is 4. The number of aromatic amines is 1. The van der Waals surface area contributed by atoms with E-state index in [9.17, 15) is 19.6 Å². The molecule has 15 nitrogen and oxygen atoms in total. The van der Waals surface area contributed by atoms with Crippen LogP contribution in [0.3, 0.4) is 0 Å². The number of benzene rings is 2. The number of carbonyl (C=O) groups is 3. The molecule has 1 aliphatic rings. The zero-order valence-electron chi connectivity index (χ0n) is 28.6. The quantitative estimate of drug-likeness (QED) is 0.153. The first-order chi connectivity index (χ1) is 24.3. The summed E-state index contributed by atoms with van der Waals surface area (Å²) >= 11 is 6.25. The Labute approximate surface area is 299 Å². The predicted molar refractivity (Wildman–Crippen MR) is 192 cm³/mol. The lowest BCUT2D eigenvalue weighted by atomic mass is 9.96. The zero-order chi connectivity index (χ0) is 36.7. The fraction of sp³-hybridized carbons (Fsp3) is 0.314. The van der Waals surface area contributed by atoms with Gasteiger partial charge in [0.2, 0.25) is 11.8 Å². The Hall–Kier alpha value is -6.01. The number of nitriles is 1. The normalized spacial score (nSPS) is 16.0. The van der Waals surface area contributed by atoms with Gasteiger partial charge in [-0.3, -0.25) is 14.9 Å². The highest BCUT2D eigenvalue weighted by molar-refractivity contribution is 6.30. The van der Waals surface area contributed by atoms with Gasteiger partial charge in [0.1, 0.15) is 29.6 Å². The van der Waals surface area contributed by atoms with E-state index in [0.29, 0.717) is 76.0 Å². The third-order valence-corrected chi connectivity index (χ3v) is 8.19. The molecule has 2 bridgehead atoms. The molecule has 2 aromatic carbocycles. The van der Waals surface area contributed by atoms with Crippen molar-refractivity contribution in [1.29, 1.82) is 5.26 Å². The summed E-state index contributed by atoms with van der Waals surface area (Å²) in [5.41, 5.74) is 3.00. The highest BCUT2D eigenvalue weighted by Gasteiger charge is 2.27. The molecule has 3 heterocycles. The van der Waals surface area contributed by atoms with Crippen LogP contribution in [0.4, 0.5) is 16.2 Å². The van der Waals surface area contributed by atoms with Crippen LogP contribution in [0.2, 0.25) is 5.02 Å². The number of halogens is 1. The zero-order valence-corrected chi connectivity index (χ0v) is 29.3. The number of ether oxygens (including phenoxy) is 1. The summed E-state index contributed by atoms with van der Waals surface area (Å²) in [5, 5.41) is 34.0. The van der Waals surface area contributed by atoms with Gasteiger partial charge >= 0.3 is 6.09 Å². The van der Waals surface area contributed by atoms with Crippen molar-refractivity contribution in [2.24, 2.45) is 0 Å². The summed E-state index contributed by atoms with van der Waals surface area (Å²) in [6.07, 6.45) is 6.05. The first-order valence-corrected chi connectivity index (χ1v) is 16.5. The van der Waals surface area contributed by atoms with E-state index in [2.05, 4.69) is 54.4 Å². The summed E-state index contributed by atoms with van der Waals surface area (Å²) in [7, 11) is 1.26. The van der Waals surface area contributed by atoms with Crippen LogP contribution in [0.5, 0.6) is 0 Å². The highest BCUT2D eigenvalue weighted by atomic mass is 35.5. The van der Waals surface area contributed by atoms with Gasteiger partial charge in [0, 0.05) is 44.7 Å². The molecule has 264 valence electrons. The number of H-pyrrole nitrogens is 1. The molecular weight excluding hydrogens is 674 g/mol. The molecule has 0 radical (unpaired) electrons. The number of nitrogens with one attached hydrogen (secondary N) is 5. The minimum atomic E-state index is -0.664. The second kappa shape index (κ2) is 15.7. The van der Waals surface area contributed by atoms with E-state index < -0.39 is 29.6 Å². The van der Waals surface area contributed by atoms with E-state index >= 15 is 0 Å². The molecule has 4 aromatic rings. The summed E-state index contributed by atoms with van der Waals surface area (Å²) in [4.78, 5) is 46.7. The molecule has 0 aliphatic carbocycles. The van der Waals surface area contributed by atoms with Crippen LogP contribution in [0.15, 0.2) is 61.0 Å². The van der Waals surface area contributed by atoms with E-state index in [0.717, 1.165) is 0 Å². The van der Waals surface area contributed by atoms with Crippen LogP contribution >= 0.6 is 11.6 Å². The number of imidazole rings is 1. The van der Waals surface area contributed by atoms with Gasteiger partial charge in [0.15, 0.2) is 0 Å². The average Bonchev–Trinajstić information content (AvgIpc) is 3.78. The lowest BCUT2D eigenvalue weighted by Gasteiger charge is -2.27. The minimum Gasteiger partial charge on any atom is -0.453 e. The SMILES string of the molecule is C=C(C(=O)NC(C)(C)C)[C@H]1CCCC[C@H](NC(=O)/C=C/c2cc(Cl)ccc2-n2cnnn2)c2nc(c(C#N)[nH]2)-c2ccc(NC(=O)OC)cc2N1. The molecule has 51 heavy (non-hydrogen) atoms. The largest absolute Gasteiger partial charge is 0.453 e. The fourth-order valence-electron chi connectivity index (χ4n) is 5.55. The van der Waals surface area contributed by atoms with Gasteiger partial charge in [-0.25, -0.2) is 9.78 Å². The number of anilines is 2. The molecule has 0 unspecified atom stereocenters. The lowest BCUT2D eigenvalue weighted by molar-refractivity contribution is -0.119.